The van der Waals surface area contributed by atoms with E-state index in [9.17, 15) is 4.79 Å². The van der Waals surface area contributed by atoms with E-state index < -0.39 is 0 Å². The zero-order valence-electron chi connectivity index (χ0n) is 11.7. The third-order valence-corrected chi connectivity index (χ3v) is 4.41. The van der Waals surface area contributed by atoms with Crippen molar-refractivity contribution in [3.63, 3.8) is 0 Å². The van der Waals surface area contributed by atoms with Gasteiger partial charge in [0.05, 0.1) is 22.1 Å². The van der Waals surface area contributed by atoms with E-state index in [1.807, 2.05) is 54.2 Å². The molecule has 0 saturated carbocycles. The third kappa shape index (κ3) is 2.46. The van der Waals surface area contributed by atoms with Crippen molar-refractivity contribution < 1.29 is 4.79 Å². The molecular weight excluding hydrogens is 294 g/mol. The molecule has 4 rings (SSSR count). The summed E-state index contributed by atoms with van der Waals surface area (Å²) >= 11 is 1.59. The van der Waals surface area contributed by atoms with Gasteiger partial charge in [-0.05, 0) is 47.3 Å². The van der Waals surface area contributed by atoms with Gasteiger partial charge in [-0.3, -0.25) is 4.79 Å². The maximum atomic E-state index is 12.2. The summed E-state index contributed by atoms with van der Waals surface area (Å²) in [7, 11) is 0. The lowest BCUT2D eigenvalue weighted by Crippen LogP contribution is -2.14. The van der Waals surface area contributed by atoms with Crippen LogP contribution in [0.3, 0.4) is 0 Å². The summed E-state index contributed by atoms with van der Waals surface area (Å²) in [6.07, 6.45) is 2.26. The van der Waals surface area contributed by atoms with E-state index >= 15 is 0 Å². The SMILES string of the molecule is O=C(Cc1ccc2[nH]ccc2c1)Nc1ccc2scnc2c1. The van der Waals surface area contributed by atoms with Crippen molar-refractivity contribution in [2.24, 2.45) is 0 Å². The Morgan fingerprint density at radius 3 is 3.09 bits per heavy atom. The Morgan fingerprint density at radius 1 is 1.18 bits per heavy atom. The van der Waals surface area contributed by atoms with Gasteiger partial charge in [0.25, 0.3) is 0 Å². The van der Waals surface area contributed by atoms with Gasteiger partial charge in [-0.2, -0.15) is 0 Å². The van der Waals surface area contributed by atoms with Gasteiger partial charge in [-0.25, -0.2) is 4.98 Å². The van der Waals surface area contributed by atoms with Gasteiger partial charge in [0.1, 0.15) is 0 Å². The van der Waals surface area contributed by atoms with Crippen LogP contribution in [0, 0.1) is 0 Å². The summed E-state index contributed by atoms with van der Waals surface area (Å²) in [6.45, 7) is 0. The lowest BCUT2D eigenvalue weighted by atomic mass is 10.1. The van der Waals surface area contributed by atoms with Crippen LogP contribution in [0.25, 0.3) is 21.1 Å². The molecule has 2 N–H and O–H groups in total. The van der Waals surface area contributed by atoms with Crippen LogP contribution in [0.5, 0.6) is 0 Å². The highest BCUT2D eigenvalue weighted by molar-refractivity contribution is 7.16. The third-order valence-electron chi connectivity index (χ3n) is 3.60. The highest BCUT2D eigenvalue weighted by Gasteiger charge is 2.06. The summed E-state index contributed by atoms with van der Waals surface area (Å²) in [6, 6.07) is 13.8. The zero-order valence-corrected chi connectivity index (χ0v) is 12.5. The van der Waals surface area contributed by atoms with Crippen LogP contribution in [0.15, 0.2) is 54.2 Å². The number of aromatic nitrogens is 2. The molecule has 0 fully saturated rings. The topological polar surface area (TPSA) is 57.8 Å². The molecule has 0 saturated heterocycles. The number of carbonyl (C=O) groups excluding carboxylic acids is 1. The number of carbonyl (C=O) groups is 1. The standard InChI is InChI=1S/C17H13N3OS/c21-17(8-11-1-3-14-12(7-11)5-6-18-14)20-13-2-4-16-15(9-13)19-10-22-16/h1-7,9-10,18H,8H2,(H,20,21). The van der Waals surface area contributed by atoms with Crippen molar-refractivity contribution in [2.45, 2.75) is 6.42 Å². The number of thiazole rings is 1. The second-order valence-electron chi connectivity index (χ2n) is 5.16. The highest BCUT2D eigenvalue weighted by Crippen LogP contribution is 2.21. The fourth-order valence-electron chi connectivity index (χ4n) is 2.54. The Kier molecular flexibility index (Phi) is 3.12. The molecule has 0 aliphatic carbocycles. The number of H-pyrrole nitrogens is 1. The maximum Gasteiger partial charge on any atom is 0.228 e. The van der Waals surface area contributed by atoms with Gasteiger partial charge in [0, 0.05) is 17.4 Å². The van der Waals surface area contributed by atoms with E-state index in [-0.39, 0.29) is 5.91 Å². The zero-order chi connectivity index (χ0) is 14.9. The highest BCUT2D eigenvalue weighted by atomic mass is 32.1. The quantitative estimate of drug-likeness (QED) is 0.602. The van der Waals surface area contributed by atoms with Gasteiger partial charge in [-0.1, -0.05) is 6.07 Å². The number of aromatic amines is 1. The first-order chi connectivity index (χ1) is 10.8. The Bertz CT molecular complexity index is 892. The van der Waals surface area contributed by atoms with E-state index in [0.717, 1.165) is 32.4 Å². The first kappa shape index (κ1) is 13.0. The molecule has 0 spiro atoms. The van der Waals surface area contributed by atoms with Crippen LogP contribution < -0.4 is 5.32 Å². The molecule has 4 nitrogen and oxygen atoms in total. The van der Waals surface area contributed by atoms with Crippen LogP contribution in [0.4, 0.5) is 5.69 Å². The fraction of sp³-hybridized carbons (Fsp3) is 0.0588. The lowest BCUT2D eigenvalue weighted by molar-refractivity contribution is -0.115. The summed E-state index contributed by atoms with van der Waals surface area (Å²) in [4.78, 5) is 19.6. The van der Waals surface area contributed by atoms with E-state index in [4.69, 9.17) is 0 Å². The van der Waals surface area contributed by atoms with Gasteiger partial charge < -0.3 is 10.3 Å². The van der Waals surface area contributed by atoms with Gasteiger partial charge in [-0.15, -0.1) is 11.3 Å². The van der Waals surface area contributed by atoms with Crippen molar-refractivity contribution in [3.8, 4) is 0 Å². The number of amides is 1. The average Bonchev–Trinajstić information content (AvgIpc) is 3.14. The van der Waals surface area contributed by atoms with Crippen molar-refractivity contribution in [1.82, 2.24) is 9.97 Å². The van der Waals surface area contributed by atoms with Crippen molar-refractivity contribution in [1.29, 1.82) is 0 Å². The van der Waals surface area contributed by atoms with Crippen LogP contribution >= 0.6 is 11.3 Å². The Labute approximate surface area is 130 Å². The predicted octanol–water partition coefficient (Wildman–Crippen LogP) is 3.96. The number of hydrogen-bond acceptors (Lipinski definition) is 3. The molecular formula is C17H13N3OS. The molecule has 4 aromatic rings. The normalized spacial score (nSPS) is 11.1. The summed E-state index contributed by atoms with van der Waals surface area (Å²) in [5.74, 6) is -0.0236. The molecule has 0 aliphatic rings. The van der Waals surface area contributed by atoms with E-state index in [1.165, 1.54) is 0 Å². The van der Waals surface area contributed by atoms with Gasteiger partial charge in [0.2, 0.25) is 5.91 Å². The molecule has 0 bridgehead atoms. The maximum absolute atomic E-state index is 12.2. The van der Waals surface area contributed by atoms with E-state index in [0.29, 0.717) is 6.42 Å². The number of benzene rings is 2. The number of rotatable bonds is 3. The van der Waals surface area contributed by atoms with Gasteiger partial charge >= 0.3 is 0 Å². The predicted molar refractivity (Wildman–Crippen MR) is 90.3 cm³/mol. The van der Waals surface area contributed by atoms with Crippen molar-refractivity contribution in [3.05, 3.63) is 59.7 Å². The molecule has 108 valence electrons. The number of fused-ring (bicyclic) bond motifs is 2. The number of anilines is 1. The summed E-state index contributed by atoms with van der Waals surface area (Å²) < 4.78 is 1.12. The Morgan fingerprint density at radius 2 is 2.14 bits per heavy atom. The van der Waals surface area contributed by atoms with Crippen LogP contribution in [0.1, 0.15) is 5.56 Å². The van der Waals surface area contributed by atoms with Crippen LogP contribution in [-0.4, -0.2) is 15.9 Å². The van der Waals surface area contributed by atoms with E-state index in [1.54, 1.807) is 11.3 Å². The minimum atomic E-state index is -0.0236. The average molecular weight is 307 g/mol. The second kappa shape index (κ2) is 5.27. The molecule has 5 heteroatoms. The number of nitrogens with one attached hydrogen (secondary N) is 2. The fourth-order valence-corrected chi connectivity index (χ4v) is 3.20. The molecule has 1 amide bonds. The van der Waals surface area contributed by atoms with Crippen molar-refractivity contribution >= 4 is 44.1 Å². The van der Waals surface area contributed by atoms with Crippen LogP contribution in [0.2, 0.25) is 0 Å². The van der Waals surface area contributed by atoms with Crippen LogP contribution in [-0.2, 0) is 11.2 Å². The first-order valence-corrected chi connectivity index (χ1v) is 7.85. The Balaban J connectivity index is 1.51. The molecule has 2 heterocycles. The molecule has 0 atom stereocenters. The molecule has 22 heavy (non-hydrogen) atoms. The van der Waals surface area contributed by atoms with E-state index in [2.05, 4.69) is 15.3 Å². The Hall–Kier alpha value is -2.66. The summed E-state index contributed by atoms with van der Waals surface area (Å²) in [5, 5.41) is 4.05. The monoisotopic (exact) mass is 307 g/mol. The minimum Gasteiger partial charge on any atom is -0.361 e. The number of nitrogens with zero attached hydrogens (tertiary/aromatic N) is 1. The molecule has 2 aromatic heterocycles. The second-order valence-corrected chi connectivity index (χ2v) is 6.05. The first-order valence-electron chi connectivity index (χ1n) is 6.97. The minimum absolute atomic E-state index is 0.0236. The molecule has 0 radical (unpaired) electrons. The number of hydrogen-bond donors (Lipinski definition) is 2. The molecule has 2 aromatic carbocycles. The van der Waals surface area contributed by atoms with Gasteiger partial charge in [0.15, 0.2) is 0 Å². The van der Waals surface area contributed by atoms with Crippen molar-refractivity contribution in [2.75, 3.05) is 5.32 Å². The molecule has 0 unspecified atom stereocenters. The lowest BCUT2D eigenvalue weighted by Gasteiger charge is -2.05. The smallest absolute Gasteiger partial charge is 0.228 e. The summed E-state index contributed by atoms with van der Waals surface area (Å²) in [5.41, 5.74) is 5.59. The molecule has 0 aliphatic heterocycles. The largest absolute Gasteiger partial charge is 0.361 e.